The standard InChI is InChI=1S/C19H30N2O6S/c1-4-12-21(13-5-2)28(24,25)17-8-6-16(7-9-17)20-18(22)10-11-19(23)27-15-14-26-3/h6-9H,4-5,10-15H2,1-3H3,(H,20,22). The average Bonchev–Trinajstić information content (AvgIpc) is 2.67. The first-order chi connectivity index (χ1) is 13.3. The molecule has 0 aliphatic rings. The smallest absolute Gasteiger partial charge is 0.306 e. The van der Waals surface area contributed by atoms with Gasteiger partial charge in [-0.15, -0.1) is 0 Å². The highest BCUT2D eigenvalue weighted by Crippen LogP contribution is 2.19. The minimum absolute atomic E-state index is 0.0212. The molecule has 1 amide bonds. The largest absolute Gasteiger partial charge is 0.463 e. The number of hydrogen-bond donors (Lipinski definition) is 1. The van der Waals surface area contributed by atoms with Crippen LogP contribution in [-0.2, 0) is 29.1 Å². The Kier molecular flexibility index (Phi) is 10.7. The number of carbonyl (C=O) groups excluding carboxylic acids is 2. The van der Waals surface area contributed by atoms with E-state index in [-0.39, 0.29) is 30.3 Å². The second-order valence-corrected chi connectivity index (χ2v) is 8.13. The molecule has 28 heavy (non-hydrogen) atoms. The van der Waals surface area contributed by atoms with Crippen molar-refractivity contribution in [1.82, 2.24) is 4.31 Å². The molecular weight excluding hydrogens is 384 g/mol. The third-order valence-electron chi connectivity index (χ3n) is 3.83. The molecule has 0 saturated carbocycles. The molecule has 1 aromatic rings. The summed E-state index contributed by atoms with van der Waals surface area (Å²) >= 11 is 0. The number of carbonyl (C=O) groups is 2. The first-order valence-electron chi connectivity index (χ1n) is 9.39. The van der Waals surface area contributed by atoms with Crippen LogP contribution in [0.2, 0.25) is 0 Å². The van der Waals surface area contributed by atoms with E-state index in [4.69, 9.17) is 9.47 Å². The van der Waals surface area contributed by atoms with Crippen molar-refractivity contribution in [2.45, 2.75) is 44.4 Å². The zero-order valence-corrected chi connectivity index (χ0v) is 17.6. The normalized spacial score (nSPS) is 11.4. The average molecular weight is 415 g/mol. The van der Waals surface area contributed by atoms with E-state index in [0.717, 1.165) is 12.8 Å². The Morgan fingerprint density at radius 2 is 1.61 bits per heavy atom. The number of nitrogens with one attached hydrogen (secondary N) is 1. The Balaban J connectivity index is 2.62. The van der Waals surface area contributed by atoms with Gasteiger partial charge in [0.2, 0.25) is 15.9 Å². The molecule has 0 fully saturated rings. The molecule has 0 aliphatic heterocycles. The Hall–Kier alpha value is -1.97. The molecule has 0 radical (unpaired) electrons. The van der Waals surface area contributed by atoms with Crippen molar-refractivity contribution in [2.75, 3.05) is 38.7 Å². The molecule has 1 aromatic carbocycles. The molecule has 158 valence electrons. The monoisotopic (exact) mass is 414 g/mol. The quantitative estimate of drug-likeness (QED) is 0.393. The van der Waals surface area contributed by atoms with E-state index in [1.807, 2.05) is 13.8 Å². The second-order valence-electron chi connectivity index (χ2n) is 6.19. The van der Waals surface area contributed by atoms with Crippen LogP contribution >= 0.6 is 0 Å². The van der Waals surface area contributed by atoms with E-state index < -0.39 is 16.0 Å². The van der Waals surface area contributed by atoms with Crippen LogP contribution in [0.1, 0.15) is 39.5 Å². The third kappa shape index (κ3) is 7.95. The van der Waals surface area contributed by atoms with Gasteiger partial charge in [0.05, 0.1) is 17.9 Å². The van der Waals surface area contributed by atoms with Gasteiger partial charge in [0.1, 0.15) is 6.61 Å². The molecule has 0 bridgehead atoms. The van der Waals surface area contributed by atoms with Crippen LogP contribution in [0.4, 0.5) is 5.69 Å². The molecule has 0 saturated heterocycles. The van der Waals surface area contributed by atoms with Gasteiger partial charge in [-0.1, -0.05) is 13.8 Å². The fourth-order valence-electron chi connectivity index (χ4n) is 2.46. The van der Waals surface area contributed by atoms with E-state index in [1.54, 1.807) is 0 Å². The van der Waals surface area contributed by atoms with Gasteiger partial charge >= 0.3 is 5.97 Å². The summed E-state index contributed by atoms with van der Waals surface area (Å²) < 4.78 is 36.5. The lowest BCUT2D eigenvalue weighted by atomic mass is 10.2. The Morgan fingerprint density at radius 3 is 2.14 bits per heavy atom. The Morgan fingerprint density at radius 1 is 1.00 bits per heavy atom. The maximum absolute atomic E-state index is 12.7. The molecule has 8 nitrogen and oxygen atoms in total. The summed E-state index contributed by atoms with van der Waals surface area (Å²) in [5.41, 5.74) is 0.467. The highest BCUT2D eigenvalue weighted by atomic mass is 32.2. The minimum atomic E-state index is -3.55. The fourth-order valence-corrected chi connectivity index (χ4v) is 4.08. The van der Waals surface area contributed by atoms with E-state index >= 15 is 0 Å². The van der Waals surface area contributed by atoms with Crippen LogP contribution in [0, 0.1) is 0 Å². The molecule has 0 aromatic heterocycles. The number of hydrogen-bond acceptors (Lipinski definition) is 6. The zero-order chi connectivity index (χ0) is 21.0. The summed E-state index contributed by atoms with van der Waals surface area (Å²) in [6.45, 7) is 5.26. The van der Waals surface area contributed by atoms with Gasteiger partial charge in [0.25, 0.3) is 0 Å². The van der Waals surface area contributed by atoms with Crippen LogP contribution in [-0.4, -0.2) is 58.0 Å². The predicted molar refractivity (Wildman–Crippen MR) is 106 cm³/mol. The molecule has 0 atom stereocenters. The van der Waals surface area contributed by atoms with Crippen molar-refractivity contribution in [3.05, 3.63) is 24.3 Å². The van der Waals surface area contributed by atoms with E-state index in [9.17, 15) is 18.0 Å². The molecule has 0 heterocycles. The molecule has 0 spiro atoms. The molecule has 0 aliphatic carbocycles. The number of benzene rings is 1. The van der Waals surface area contributed by atoms with Crippen LogP contribution in [0.3, 0.4) is 0 Å². The van der Waals surface area contributed by atoms with Gasteiger partial charge in [-0.25, -0.2) is 8.42 Å². The lowest BCUT2D eigenvalue weighted by Gasteiger charge is -2.21. The van der Waals surface area contributed by atoms with Crippen LogP contribution in [0.25, 0.3) is 0 Å². The van der Waals surface area contributed by atoms with Gasteiger partial charge in [0, 0.05) is 32.3 Å². The lowest BCUT2D eigenvalue weighted by Crippen LogP contribution is -2.32. The summed E-state index contributed by atoms with van der Waals surface area (Å²) in [4.78, 5) is 23.6. The molecular formula is C19H30N2O6S. The van der Waals surface area contributed by atoms with E-state index in [1.165, 1.54) is 35.7 Å². The number of anilines is 1. The van der Waals surface area contributed by atoms with Gasteiger partial charge in [-0.3, -0.25) is 9.59 Å². The van der Waals surface area contributed by atoms with E-state index in [2.05, 4.69) is 5.32 Å². The number of nitrogens with zero attached hydrogens (tertiary/aromatic N) is 1. The Labute approximate surface area is 167 Å². The number of rotatable bonds is 13. The van der Waals surface area contributed by atoms with Crippen molar-refractivity contribution < 1.29 is 27.5 Å². The Bertz CT molecular complexity index is 712. The predicted octanol–water partition coefficient (Wildman–Crippen LogP) is 2.41. The van der Waals surface area contributed by atoms with Gasteiger partial charge in [0.15, 0.2) is 0 Å². The van der Waals surface area contributed by atoms with Crippen LogP contribution in [0.15, 0.2) is 29.2 Å². The SMILES string of the molecule is CCCN(CCC)S(=O)(=O)c1ccc(NC(=O)CCC(=O)OCCOC)cc1. The minimum Gasteiger partial charge on any atom is -0.463 e. The maximum Gasteiger partial charge on any atom is 0.306 e. The van der Waals surface area contributed by atoms with Gasteiger partial charge in [-0.2, -0.15) is 4.31 Å². The van der Waals surface area contributed by atoms with Gasteiger partial charge in [-0.05, 0) is 37.1 Å². The number of methoxy groups -OCH3 is 1. The second kappa shape index (κ2) is 12.5. The highest BCUT2D eigenvalue weighted by molar-refractivity contribution is 7.89. The number of esters is 1. The number of amides is 1. The fraction of sp³-hybridized carbons (Fsp3) is 0.579. The summed E-state index contributed by atoms with van der Waals surface area (Å²) in [5.74, 6) is -0.821. The van der Waals surface area contributed by atoms with Crippen molar-refractivity contribution in [2.24, 2.45) is 0 Å². The summed E-state index contributed by atoms with van der Waals surface area (Å²) in [5, 5.41) is 2.64. The molecule has 0 unspecified atom stereocenters. The highest BCUT2D eigenvalue weighted by Gasteiger charge is 2.22. The van der Waals surface area contributed by atoms with E-state index in [0.29, 0.717) is 25.4 Å². The van der Waals surface area contributed by atoms with Crippen molar-refractivity contribution in [1.29, 1.82) is 0 Å². The number of ether oxygens (including phenoxy) is 2. The molecule has 1 N–H and O–H groups in total. The first-order valence-corrected chi connectivity index (χ1v) is 10.8. The summed E-state index contributed by atoms with van der Waals surface area (Å²) in [6, 6.07) is 6.03. The van der Waals surface area contributed by atoms with Crippen LogP contribution in [0.5, 0.6) is 0 Å². The summed E-state index contributed by atoms with van der Waals surface area (Å²) in [6.07, 6.45) is 1.42. The van der Waals surface area contributed by atoms with Crippen molar-refractivity contribution >= 4 is 27.6 Å². The van der Waals surface area contributed by atoms with Crippen LogP contribution < -0.4 is 5.32 Å². The molecule has 1 rings (SSSR count). The van der Waals surface area contributed by atoms with Crippen molar-refractivity contribution in [3.63, 3.8) is 0 Å². The third-order valence-corrected chi connectivity index (χ3v) is 5.74. The molecule has 9 heteroatoms. The zero-order valence-electron chi connectivity index (χ0n) is 16.8. The maximum atomic E-state index is 12.7. The number of sulfonamides is 1. The topological polar surface area (TPSA) is 102 Å². The van der Waals surface area contributed by atoms with Gasteiger partial charge < -0.3 is 14.8 Å². The lowest BCUT2D eigenvalue weighted by molar-refractivity contribution is -0.145. The van der Waals surface area contributed by atoms with Crippen molar-refractivity contribution in [3.8, 4) is 0 Å². The first kappa shape index (κ1) is 24.1. The summed E-state index contributed by atoms with van der Waals surface area (Å²) in [7, 11) is -2.05.